The van der Waals surface area contributed by atoms with Crippen molar-refractivity contribution in [2.45, 2.75) is 26.4 Å². The summed E-state index contributed by atoms with van der Waals surface area (Å²) in [5.74, 6) is -0.426. The molecule has 1 rings (SSSR count). The van der Waals surface area contributed by atoms with Crippen LogP contribution in [0.25, 0.3) is 0 Å². The average molecular weight is 382 g/mol. The molecule has 7 nitrogen and oxygen atoms in total. The van der Waals surface area contributed by atoms with Crippen LogP contribution in [-0.4, -0.2) is 58.7 Å². The van der Waals surface area contributed by atoms with Crippen LogP contribution in [0.5, 0.6) is 0 Å². The fourth-order valence-corrected chi connectivity index (χ4v) is 2.61. The molecule has 1 aromatic rings. The molecule has 0 radical (unpaired) electrons. The summed E-state index contributed by atoms with van der Waals surface area (Å²) >= 11 is 1.13. The molecule has 0 bridgehead atoms. The molecule has 0 saturated heterocycles. The number of aliphatic hydroxyl groups excluding tert-OH is 2. The Bertz CT molecular complexity index is 607. The van der Waals surface area contributed by atoms with Gasteiger partial charge in [0.05, 0.1) is 6.61 Å². The van der Waals surface area contributed by atoms with Gasteiger partial charge in [0.25, 0.3) is 0 Å². The second-order valence-electron chi connectivity index (χ2n) is 6.44. The molecule has 4 N–H and O–H groups in total. The molecule has 0 heterocycles. The van der Waals surface area contributed by atoms with Gasteiger partial charge in [-0.05, 0) is 0 Å². The lowest BCUT2D eigenvalue weighted by Crippen LogP contribution is -2.46. The molecule has 0 aromatic heterocycles. The van der Waals surface area contributed by atoms with Crippen LogP contribution in [0.3, 0.4) is 0 Å². The van der Waals surface area contributed by atoms with E-state index in [0.717, 1.165) is 11.8 Å². The van der Waals surface area contributed by atoms with E-state index in [9.17, 15) is 19.5 Å². The first-order valence-electron chi connectivity index (χ1n) is 8.33. The second-order valence-corrected chi connectivity index (χ2v) is 7.51. The highest BCUT2D eigenvalue weighted by molar-refractivity contribution is 8.14. The van der Waals surface area contributed by atoms with Crippen molar-refractivity contribution >= 4 is 28.7 Å². The highest BCUT2D eigenvalue weighted by atomic mass is 32.2. The third kappa shape index (κ3) is 7.55. The number of thioether (sulfide) groups is 1. The molecule has 0 saturated carbocycles. The van der Waals surface area contributed by atoms with Crippen LogP contribution in [0.2, 0.25) is 0 Å². The number of aliphatic hydroxyl groups is 2. The number of nitrogens with one attached hydrogen (secondary N) is 2. The van der Waals surface area contributed by atoms with Crippen LogP contribution in [0, 0.1) is 5.41 Å². The van der Waals surface area contributed by atoms with Gasteiger partial charge in [0, 0.05) is 36.2 Å². The van der Waals surface area contributed by atoms with Crippen molar-refractivity contribution in [2.75, 3.05) is 25.4 Å². The number of rotatable bonds is 10. The van der Waals surface area contributed by atoms with Crippen molar-refractivity contribution in [3.63, 3.8) is 0 Å². The summed E-state index contributed by atoms with van der Waals surface area (Å²) < 4.78 is 0. The Balaban J connectivity index is 2.17. The molecule has 144 valence electrons. The van der Waals surface area contributed by atoms with Crippen LogP contribution >= 0.6 is 11.8 Å². The van der Waals surface area contributed by atoms with E-state index >= 15 is 0 Å². The maximum Gasteiger partial charge on any atom is 0.249 e. The predicted octanol–water partition coefficient (Wildman–Crippen LogP) is 0.562. The van der Waals surface area contributed by atoms with Gasteiger partial charge in [0.15, 0.2) is 0 Å². The highest BCUT2D eigenvalue weighted by Crippen LogP contribution is 2.19. The zero-order chi connectivity index (χ0) is 19.6. The van der Waals surface area contributed by atoms with Crippen LogP contribution in [-0.2, 0) is 9.59 Å². The van der Waals surface area contributed by atoms with Gasteiger partial charge in [-0.2, -0.15) is 0 Å². The van der Waals surface area contributed by atoms with E-state index in [2.05, 4.69) is 10.6 Å². The van der Waals surface area contributed by atoms with E-state index < -0.39 is 17.4 Å². The summed E-state index contributed by atoms with van der Waals surface area (Å²) in [5.41, 5.74) is -0.328. The standard InChI is InChI=1S/C18H26N2O5S/c1-18(2,12-21)15(23)16(24)20-9-8-14(22)19-10-11-26-17(25)13-6-4-3-5-7-13/h3-7,15,21,23H,8-12H2,1-2H3,(H,19,22)(H,20,24). The number of benzene rings is 1. The largest absolute Gasteiger partial charge is 0.396 e. The van der Waals surface area contributed by atoms with Crippen molar-refractivity contribution in [1.82, 2.24) is 10.6 Å². The van der Waals surface area contributed by atoms with Gasteiger partial charge in [0.2, 0.25) is 16.9 Å². The highest BCUT2D eigenvalue weighted by Gasteiger charge is 2.32. The molecule has 0 aliphatic heterocycles. The Kier molecular flexibility index (Phi) is 9.32. The Morgan fingerprint density at radius 3 is 2.38 bits per heavy atom. The lowest BCUT2D eigenvalue weighted by molar-refractivity contribution is -0.137. The predicted molar refractivity (Wildman–Crippen MR) is 101 cm³/mol. The van der Waals surface area contributed by atoms with E-state index in [1.807, 2.05) is 6.07 Å². The van der Waals surface area contributed by atoms with Crippen LogP contribution in [0.1, 0.15) is 30.6 Å². The fraction of sp³-hybridized carbons (Fsp3) is 0.500. The Morgan fingerprint density at radius 2 is 1.77 bits per heavy atom. The summed E-state index contributed by atoms with van der Waals surface area (Å²) in [6, 6.07) is 8.90. The molecule has 2 amide bonds. The van der Waals surface area contributed by atoms with Crippen molar-refractivity contribution in [3.8, 4) is 0 Å². The average Bonchev–Trinajstić information content (AvgIpc) is 2.64. The number of carbonyl (C=O) groups is 3. The quantitative estimate of drug-likeness (QED) is 0.440. The minimum Gasteiger partial charge on any atom is -0.396 e. The van der Waals surface area contributed by atoms with Crippen molar-refractivity contribution in [2.24, 2.45) is 5.41 Å². The van der Waals surface area contributed by atoms with Gasteiger partial charge in [-0.25, -0.2) is 0 Å². The first kappa shape index (κ1) is 22.1. The summed E-state index contributed by atoms with van der Waals surface area (Å²) in [6.07, 6.45) is -1.29. The summed E-state index contributed by atoms with van der Waals surface area (Å²) in [7, 11) is 0. The van der Waals surface area contributed by atoms with Gasteiger partial charge in [-0.15, -0.1) is 0 Å². The molecule has 0 fully saturated rings. The molecular formula is C18H26N2O5S. The van der Waals surface area contributed by atoms with Gasteiger partial charge in [-0.3, -0.25) is 14.4 Å². The minimum absolute atomic E-state index is 0.0485. The summed E-state index contributed by atoms with van der Waals surface area (Å²) in [6.45, 7) is 3.23. The monoisotopic (exact) mass is 382 g/mol. The fourth-order valence-electron chi connectivity index (χ4n) is 1.92. The molecule has 0 aliphatic rings. The van der Waals surface area contributed by atoms with E-state index in [1.54, 1.807) is 38.1 Å². The van der Waals surface area contributed by atoms with E-state index in [1.165, 1.54) is 0 Å². The summed E-state index contributed by atoms with van der Waals surface area (Å²) in [5, 5.41) is 24.0. The molecule has 1 atom stereocenters. The lowest BCUT2D eigenvalue weighted by atomic mass is 9.87. The Morgan fingerprint density at radius 1 is 1.12 bits per heavy atom. The minimum atomic E-state index is -1.35. The number of hydrogen-bond acceptors (Lipinski definition) is 6. The topological polar surface area (TPSA) is 116 Å². The van der Waals surface area contributed by atoms with E-state index in [4.69, 9.17) is 5.11 Å². The third-order valence-corrected chi connectivity index (χ3v) is 4.62. The van der Waals surface area contributed by atoms with Gasteiger partial charge in [0.1, 0.15) is 6.10 Å². The maximum absolute atomic E-state index is 11.9. The smallest absolute Gasteiger partial charge is 0.249 e. The molecular weight excluding hydrogens is 356 g/mol. The zero-order valence-corrected chi connectivity index (χ0v) is 15.8. The lowest BCUT2D eigenvalue weighted by Gasteiger charge is -2.27. The van der Waals surface area contributed by atoms with Crippen LogP contribution in [0.15, 0.2) is 30.3 Å². The normalized spacial score (nSPS) is 12.3. The SMILES string of the molecule is CC(C)(CO)C(O)C(=O)NCCC(=O)NCCSC(=O)c1ccccc1. The van der Waals surface area contributed by atoms with E-state index in [-0.39, 0.29) is 30.6 Å². The molecule has 0 spiro atoms. The molecule has 8 heteroatoms. The third-order valence-electron chi connectivity index (χ3n) is 3.71. The van der Waals surface area contributed by atoms with Crippen LogP contribution < -0.4 is 10.6 Å². The summed E-state index contributed by atoms with van der Waals surface area (Å²) in [4.78, 5) is 35.3. The first-order valence-corrected chi connectivity index (χ1v) is 9.32. The molecule has 0 aliphatic carbocycles. The number of amides is 2. The maximum atomic E-state index is 11.9. The molecule has 26 heavy (non-hydrogen) atoms. The second kappa shape index (κ2) is 10.9. The number of hydrogen-bond donors (Lipinski definition) is 4. The van der Waals surface area contributed by atoms with Crippen LogP contribution in [0.4, 0.5) is 0 Å². The molecule has 1 unspecified atom stereocenters. The van der Waals surface area contributed by atoms with Gasteiger partial charge in [-0.1, -0.05) is 55.9 Å². The Hall–Kier alpha value is -1.90. The van der Waals surface area contributed by atoms with E-state index in [0.29, 0.717) is 17.9 Å². The number of carbonyl (C=O) groups excluding carboxylic acids is 3. The van der Waals surface area contributed by atoms with Gasteiger partial charge >= 0.3 is 0 Å². The van der Waals surface area contributed by atoms with Crippen molar-refractivity contribution in [1.29, 1.82) is 0 Å². The zero-order valence-electron chi connectivity index (χ0n) is 15.0. The first-order chi connectivity index (χ1) is 12.3. The van der Waals surface area contributed by atoms with Crippen molar-refractivity contribution < 1.29 is 24.6 Å². The molecule has 1 aromatic carbocycles. The Labute approximate surface area is 157 Å². The van der Waals surface area contributed by atoms with Crippen molar-refractivity contribution in [3.05, 3.63) is 35.9 Å². The van der Waals surface area contributed by atoms with Gasteiger partial charge < -0.3 is 20.8 Å².